The summed E-state index contributed by atoms with van der Waals surface area (Å²) in [5.41, 5.74) is 5.34. The highest BCUT2D eigenvalue weighted by Gasteiger charge is 2.23. The molecule has 0 spiro atoms. The molecular weight excluding hydrogens is 285 g/mol. The van der Waals surface area contributed by atoms with E-state index in [2.05, 4.69) is 5.32 Å². The fraction of sp³-hybridized carbons (Fsp3) is 0.222. The Morgan fingerprint density at radius 2 is 2.11 bits per heavy atom. The lowest BCUT2D eigenvalue weighted by Crippen LogP contribution is -2.39. The van der Waals surface area contributed by atoms with Crippen molar-refractivity contribution in [3.05, 3.63) is 23.0 Å². The molecule has 0 aliphatic heterocycles. The number of hydrogen-bond acceptors (Lipinski definition) is 4. The van der Waals surface area contributed by atoms with Crippen LogP contribution in [0.25, 0.3) is 0 Å². The van der Waals surface area contributed by atoms with Crippen molar-refractivity contribution in [3.8, 4) is 0 Å². The van der Waals surface area contributed by atoms with Gasteiger partial charge in [-0.3, -0.25) is 0 Å². The number of carbonyl (C=O) groups excluding carboxylic acids is 1. The summed E-state index contributed by atoms with van der Waals surface area (Å²) >= 11 is 5.48. The quantitative estimate of drug-likeness (QED) is 0.726. The average Bonchev–Trinajstić information content (AvgIpc) is 2.22. The standard InChI is InChI=1S/C9H11ClFN3O3S/c1-2-13-9(15)14-18(16,17)7-4-5(12)3-6(10)8(7)11/h3-4H,2,12H2,1H3,(H2,13,14,15). The second-order valence-electron chi connectivity index (χ2n) is 3.28. The number of hydrogen-bond donors (Lipinski definition) is 3. The molecule has 0 fully saturated rings. The van der Waals surface area contributed by atoms with Crippen molar-refractivity contribution in [1.82, 2.24) is 10.0 Å². The molecule has 0 heterocycles. The fourth-order valence-corrected chi connectivity index (χ4v) is 2.50. The lowest BCUT2D eigenvalue weighted by Gasteiger charge is -2.09. The van der Waals surface area contributed by atoms with Gasteiger partial charge in [0.25, 0.3) is 10.0 Å². The van der Waals surface area contributed by atoms with E-state index >= 15 is 0 Å². The molecule has 18 heavy (non-hydrogen) atoms. The molecule has 0 bridgehead atoms. The van der Waals surface area contributed by atoms with Crippen LogP contribution in [0.15, 0.2) is 17.0 Å². The molecule has 0 atom stereocenters. The Morgan fingerprint density at radius 1 is 1.50 bits per heavy atom. The molecule has 0 saturated carbocycles. The fourth-order valence-electron chi connectivity index (χ4n) is 1.15. The second kappa shape index (κ2) is 5.40. The van der Waals surface area contributed by atoms with Gasteiger partial charge in [-0.15, -0.1) is 0 Å². The highest BCUT2D eigenvalue weighted by atomic mass is 35.5. The van der Waals surface area contributed by atoms with Crippen molar-refractivity contribution < 1.29 is 17.6 Å². The summed E-state index contributed by atoms with van der Waals surface area (Å²) in [7, 11) is -4.36. The van der Waals surface area contributed by atoms with Gasteiger partial charge in [-0.2, -0.15) is 0 Å². The molecule has 1 rings (SSSR count). The van der Waals surface area contributed by atoms with E-state index in [0.717, 1.165) is 12.1 Å². The maximum Gasteiger partial charge on any atom is 0.328 e. The predicted octanol–water partition coefficient (Wildman–Crippen LogP) is 1.07. The average molecular weight is 296 g/mol. The van der Waals surface area contributed by atoms with E-state index in [0.29, 0.717) is 0 Å². The zero-order chi connectivity index (χ0) is 13.9. The predicted molar refractivity (Wildman–Crippen MR) is 65.2 cm³/mol. The van der Waals surface area contributed by atoms with Gasteiger partial charge in [-0.1, -0.05) is 11.6 Å². The molecule has 0 aliphatic carbocycles. The molecule has 6 nitrogen and oxygen atoms in total. The van der Waals surface area contributed by atoms with Crippen LogP contribution in [0, 0.1) is 5.82 Å². The minimum absolute atomic E-state index is 0.0299. The summed E-state index contributed by atoms with van der Waals surface area (Å²) in [4.78, 5) is 10.3. The summed E-state index contributed by atoms with van der Waals surface area (Å²) in [5, 5.41) is 1.77. The first-order valence-corrected chi connectivity index (χ1v) is 6.69. The van der Waals surface area contributed by atoms with Gasteiger partial charge in [0.05, 0.1) is 5.02 Å². The van der Waals surface area contributed by atoms with Gasteiger partial charge in [-0.25, -0.2) is 22.3 Å². The molecule has 0 aliphatic rings. The van der Waals surface area contributed by atoms with Crippen LogP contribution in [0.3, 0.4) is 0 Å². The number of amides is 2. The monoisotopic (exact) mass is 295 g/mol. The van der Waals surface area contributed by atoms with Crippen molar-refractivity contribution in [1.29, 1.82) is 0 Å². The molecule has 4 N–H and O–H groups in total. The zero-order valence-corrected chi connectivity index (χ0v) is 10.9. The van der Waals surface area contributed by atoms with E-state index in [1.165, 1.54) is 0 Å². The van der Waals surface area contributed by atoms with Crippen LogP contribution >= 0.6 is 11.6 Å². The molecule has 0 aromatic heterocycles. The number of rotatable bonds is 3. The normalized spacial score (nSPS) is 11.1. The molecule has 100 valence electrons. The number of nitrogens with one attached hydrogen (secondary N) is 2. The number of nitrogens with two attached hydrogens (primary N) is 1. The molecule has 0 radical (unpaired) electrons. The third kappa shape index (κ3) is 3.23. The van der Waals surface area contributed by atoms with Gasteiger partial charge < -0.3 is 11.1 Å². The van der Waals surface area contributed by atoms with E-state index in [-0.39, 0.29) is 12.2 Å². The Labute approximate surface area is 108 Å². The van der Waals surface area contributed by atoms with Crippen LogP contribution in [0.5, 0.6) is 0 Å². The first-order chi connectivity index (χ1) is 8.27. The third-order valence-electron chi connectivity index (χ3n) is 1.87. The molecule has 0 unspecified atom stereocenters. The minimum Gasteiger partial charge on any atom is -0.399 e. The van der Waals surface area contributed by atoms with Gasteiger partial charge in [0.15, 0.2) is 5.82 Å². The van der Waals surface area contributed by atoms with Gasteiger partial charge >= 0.3 is 6.03 Å². The summed E-state index contributed by atoms with van der Waals surface area (Å²) in [5.74, 6) is -1.16. The summed E-state index contributed by atoms with van der Waals surface area (Å²) in [6.45, 7) is 1.83. The van der Waals surface area contributed by atoms with Crippen molar-refractivity contribution in [3.63, 3.8) is 0 Å². The van der Waals surface area contributed by atoms with E-state index in [4.69, 9.17) is 17.3 Å². The largest absolute Gasteiger partial charge is 0.399 e. The van der Waals surface area contributed by atoms with Crippen molar-refractivity contribution >= 4 is 33.3 Å². The number of benzene rings is 1. The topological polar surface area (TPSA) is 101 Å². The highest BCUT2D eigenvalue weighted by molar-refractivity contribution is 7.90. The number of anilines is 1. The van der Waals surface area contributed by atoms with Gasteiger partial charge in [-0.05, 0) is 19.1 Å². The number of halogens is 2. The van der Waals surface area contributed by atoms with E-state index in [1.54, 1.807) is 11.6 Å². The Morgan fingerprint density at radius 3 is 2.67 bits per heavy atom. The van der Waals surface area contributed by atoms with Crippen LogP contribution in [-0.4, -0.2) is 21.0 Å². The molecule has 1 aromatic carbocycles. The maximum absolute atomic E-state index is 13.6. The zero-order valence-electron chi connectivity index (χ0n) is 9.33. The van der Waals surface area contributed by atoms with Crippen molar-refractivity contribution in [2.45, 2.75) is 11.8 Å². The molecule has 9 heteroatoms. The number of nitrogen functional groups attached to an aromatic ring is 1. The first kappa shape index (κ1) is 14.5. The molecular formula is C9H11ClFN3O3S. The second-order valence-corrected chi connectivity index (χ2v) is 5.34. The maximum atomic E-state index is 13.6. The van der Waals surface area contributed by atoms with E-state index < -0.39 is 31.8 Å². The first-order valence-electron chi connectivity index (χ1n) is 4.83. The van der Waals surface area contributed by atoms with Gasteiger partial charge in [0.2, 0.25) is 0 Å². The van der Waals surface area contributed by atoms with Crippen LogP contribution in [0.1, 0.15) is 6.92 Å². The number of carbonyl (C=O) groups is 1. The van der Waals surface area contributed by atoms with E-state index in [1.807, 2.05) is 0 Å². The smallest absolute Gasteiger partial charge is 0.328 e. The third-order valence-corrected chi connectivity index (χ3v) is 3.48. The summed E-state index contributed by atoms with van der Waals surface area (Å²) in [6, 6.07) is 0.987. The summed E-state index contributed by atoms with van der Waals surface area (Å²) < 4.78 is 38.6. The highest BCUT2D eigenvalue weighted by Crippen LogP contribution is 2.25. The van der Waals surface area contributed by atoms with Crippen LogP contribution in [0.4, 0.5) is 14.9 Å². The number of urea groups is 1. The van der Waals surface area contributed by atoms with Crippen LogP contribution in [0.2, 0.25) is 5.02 Å². The molecule has 2 amide bonds. The van der Waals surface area contributed by atoms with Crippen LogP contribution in [-0.2, 0) is 10.0 Å². The van der Waals surface area contributed by atoms with Crippen molar-refractivity contribution in [2.24, 2.45) is 0 Å². The Balaban J connectivity index is 3.17. The van der Waals surface area contributed by atoms with E-state index in [9.17, 15) is 17.6 Å². The van der Waals surface area contributed by atoms with Gasteiger partial charge in [0.1, 0.15) is 4.90 Å². The Hall–Kier alpha value is -1.54. The van der Waals surface area contributed by atoms with Crippen LogP contribution < -0.4 is 15.8 Å². The van der Waals surface area contributed by atoms with Crippen molar-refractivity contribution in [2.75, 3.05) is 12.3 Å². The van der Waals surface area contributed by atoms with Gasteiger partial charge in [0, 0.05) is 12.2 Å². The lowest BCUT2D eigenvalue weighted by molar-refractivity contribution is 0.246. The molecule has 1 aromatic rings. The Kier molecular flexibility index (Phi) is 4.36. The minimum atomic E-state index is -4.36. The SMILES string of the molecule is CCNC(=O)NS(=O)(=O)c1cc(N)cc(Cl)c1F. The lowest BCUT2D eigenvalue weighted by atomic mass is 10.3. The molecule has 0 saturated heterocycles. The summed E-state index contributed by atoms with van der Waals surface area (Å²) in [6.07, 6.45) is 0. The Bertz CT molecular complexity index is 577. The number of sulfonamides is 1.